The molecule has 2 unspecified atom stereocenters. The number of fused-ring (bicyclic) bond motifs is 2. The van der Waals surface area contributed by atoms with Gasteiger partial charge in [-0.1, -0.05) is 6.07 Å². The van der Waals surface area contributed by atoms with Crippen LogP contribution in [0.15, 0.2) is 23.1 Å². The van der Waals surface area contributed by atoms with E-state index in [2.05, 4.69) is 10.0 Å². The van der Waals surface area contributed by atoms with E-state index < -0.39 is 15.8 Å². The summed E-state index contributed by atoms with van der Waals surface area (Å²) >= 11 is 0. The number of sulfonamides is 1. The maximum absolute atomic E-state index is 13.3. The van der Waals surface area contributed by atoms with E-state index in [-0.39, 0.29) is 23.3 Å². The first-order valence-electron chi connectivity index (χ1n) is 6.98. The first-order valence-corrected chi connectivity index (χ1v) is 8.47. The van der Waals surface area contributed by atoms with Gasteiger partial charge in [-0.3, -0.25) is 0 Å². The van der Waals surface area contributed by atoms with E-state index >= 15 is 0 Å². The molecule has 0 amide bonds. The van der Waals surface area contributed by atoms with E-state index in [1.54, 1.807) is 6.92 Å². The second kappa shape index (κ2) is 6.20. The first-order chi connectivity index (χ1) is 9.44. The highest BCUT2D eigenvalue weighted by Crippen LogP contribution is 2.28. The highest BCUT2D eigenvalue weighted by Gasteiger charge is 2.35. The smallest absolute Gasteiger partial charge is 0.241 e. The van der Waals surface area contributed by atoms with E-state index in [4.69, 9.17) is 0 Å². The van der Waals surface area contributed by atoms with Gasteiger partial charge in [0.2, 0.25) is 10.0 Å². The van der Waals surface area contributed by atoms with E-state index in [0.29, 0.717) is 17.6 Å². The summed E-state index contributed by atoms with van der Waals surface area (Å²) < 4.78 is 40.9. The molecule has 21 heavy (non-hydrogen) atoms. The lowest BCUT2D eigenvalue weighted by Gasteiger charge is -2.29. The van der Waals surface area contributed by atoms with Gasteiger partial charge in [0.05, 0.1) is 4.90 Å². The van der Waals surface area contributed by atoms with Crippen molar-refractivity contribution >= 4 is 22.4 Å². The molecule has 4 nitrogen and oxygen atoms in total. The molecule has 2 heterocycles. The number of nitrogens with one attached hydrogen (secondary N) is 2. The van der Waals surface area contributed by atoms with Crippen LogP contribution in [0.5, 0.6) is 0 Å². The summed E-state index contributed by atoms with van der Waals surface area (Å²) in [5, 5.41) is 3.47. The maximum atomic E-state index is 13.3. The Morgan fingerprint density at radius 1 is 1.24 bits per heavy atom. The lowest BCUT2D eigenvalue weighted by Crippen LogP contribution is -2.48. The second-order valence-electron chi connectivity index (χ2n) is 5.84. The Bertz CT molecular complexity index is 611. The molecule has 1 aromatic rings. The fraction of sp³-hybridized carbons (Fsp3) is 0.571. The van der Waals surface area contributed by atoms with Gasteiger partial charge in [-0.15, -0.1) is 12.4 Å². The molecule has 0 aromatic heterocycles. The van der Waals surface area contributed by atoms with Crippen molar-refractivity contribution in [2.75, 3.05) is 0 Å². The van der Waals surface area contributed by atoms with E-state index in [0.717, 1.165) is 31.7 Å². The molecule has 1 aromatic carbocycles. The van der Waals surface area contributed by atoms with E-state index in [9.17, 15) is 12.8 Å². The summed E-state index contributed by atoms with van der Waals surface area (Å²) in [6, 6.07) is 4.63. The fourth-order valence-electron chi connectivity index (χ4n) is 3.30. The Morgan fingerprint density at radius 2 is 1.86 bits per heavy atom. The molecule has 2 aliphatic rings. The average molecular weight is 335 g/mol. The van der Waals surface area contributed by atoms with Crippen molar-refractivity contribution in [3.05, 3.63) is 29.6 Å². The molecule has 0 saturated carbocycles. The Hall–Kier alpha value is -0.690. The zero-order valence-corrected chi connectivity index (χ0v) is 13.4. The SMILES string of the molecule is Cc1ccc(F)cc1S(=O)(=O)NC1CC2CCC(C1)N2.Cl. The van der Waals surface area contributed by atoms with Crippen LogP contribution in [0.3, 0.4) is 0 Å². The summed E-state index contributed by atoms with van der Waals surface area (Å²) in [7, 11) is -3.65. The Kier molecular flexibility index (Phi) is 4.92. The van der Waals surface area contributed by atoms with Crippen LogP contribution >= 0.6 is 12.4 Å². The van der Waals surface area contributed by atoms with Gasteiger partial charge < -0.3 is 5.32 Å². The Labute approximate surface area is 131 Å². The van der Waals surface area contributed by atoms with Gasteiger partial charge in [-0.2, -0.15) is 0 Å². The highest BCUT2D eigenvalue weighted by molar-refractivity contribution is 7.89. The summed E-state index contributed by atoms with van der Waals surface area (Å²) in [5.41, 5.74) is 0.566. The van der Waals surface area contributed by atoms with Crippen molar-refractivity contribution in [3.63, 3.8) is 0 Å². The van der Waals surface area contributed by atoms with Crippen LogP contribution in [0.1, 0.15) is 31.2 Å². The number of hydrogen-bond donors (Lipinski definition) is 2. The van der Waals surface area contributed by atoms with E-state index in [1.165, 1.54) is 12.1 Å². The van der Waals surface area contributed by atoms with Crippen LogP contribution in [-0.2, 0) is 10.0 Å². The minimum atomic E-state index is -3.65. The molecule has 2 aliphatic heterocycles. The number of piperidine rings is 1. The van der Waals surface area contributed by atoms with Crippen LogP contribution in [-0.4, -0.2) is 26.5 Å². The fourth-order valence-corrected chi connectivity index (χ4v) is 4.82. The zero-order valence-electron chi connectivity index (χ0n) is 11.8. The molecule has 2 atom stereocenters. The number of hydrogen-bond acceptors (Lipinski definition) is 3. The van der Waals surface area contributed by atoms with Crippen LogP contribution < -0.4 is 10.0 Å². The number of benzene rings is 1. The summed E-state index contributed by atoms with van der Waals surface area (Å²) in [6.45, 7) is 1.68. The van der Waals surface area contributed by atoms with Crippen LogP contribution in [0.4, 0.5) is 4.39 Å². The molecular weight excluding hydrogens is 315 g/mol. The van der Waals surface area contributed by atoms with Crippen molar-refractivity contribution in [1.29, 1.82) is 0 Å². The van der Waals surface area contributed by atoms with Crippen LogP contribution in [0, 0.1) is 12.7 Å². The zero-order chi connectivity index (χ0) is 14.3. The van der Waals surface area contributed by atoms with Gasteiger partial charge in [-0.25, -0.2) is 17.5 Å². The second-order valence-corrected chi connectivity index (χ2v) is 7.52. The standard InChI is InChI=1S/C14H19FN2O2S.ClH/c1-9-2-3-10(15)6-14(9)20(18,19)17-13-7-11-4-5-12(8-13)16-11;/h2-3,6,11-13,16-17H,4-5,7-8H2,1H3;1H. The molecular formula is C14H20ClFN2O2S. The lowest BCUT2D eigenvalue weighted by atomic mass is 10.0. The van der Waals surface area contributed by atoms with Crippen molar-refractivity contribution in [2.45, 2.75) is 55.6 Å². The Morgan fingerprint density at radius 3 is 2.48 bits per heavy atom. The quantitative estimate of drug-likeness (QED) is 0.890. The predicted molar refractivity (Wildman–Crippen MR) is 81.7 cm³/mol. The molecule has 3 rings (SSSR count). The van der Waals surface area contributed by atoms with Gasteiger partial charge in [0.1, 0.15) is 5.82 Å². The third kappa shape index (κ3) is 3.56. The summed E-state index contributed by atoms with van der Waals surface area (Å²) in [5.74, 6) is -0.527. The van der Waals surface area contributed by atoms with Gasteiger partial charge >= 0.3 is 0 Å². The van der Waals surface area contributed by atoms with Gasteiger partial charge in [0, 0.05) is 18.1 Å². The topological polar surface area (TPSA) is 58.2 Å². The molecule has 2 N–H and O–H groups in total. The molecule has 0 radical (unpaired) electrons. The van der Waals surface area contributed by atoms with Crippen LogP contribution in [0.25, 0.3) is 0 Å². The molecule has 7 heteroatoms. The maximum Gasteiger partial charge on any atom is 0.241 e. The Balaban J connectivity index is 0.00000161. The molecule has 118 valence electrons. The summed E-state index contributed by atoms with van der Waals surface area (Å²) in [4.78, 5) is 0.0448. The first kappa shape index (κ1) is 16.7. The van der Waals surface area contributed by atoms with Crippen LogP contribution in [0.2, 0.25) is 0 Å². The lowest BCUT2D eigenvalue weighted by molar-refractivity contribution is 0.345. The van der Waals surface area contributed by atoms with Crippen molar-refractivity contribution in [2.24, 2.45) is 0 Å². The van der Waals surface area contributed by atoms with Gasteiger partial charge in [0.15, 0.2) is 0 Å². The largest absolute Gasteiger partial charge is 0.311 e. The number of aryl methyl sites for hydroxylation is 1. The highest BCUT2D eigenvalue weighted by atomic mass is 35.5. The van der Waals surface area contributed by atoms with Crippen molar-refractivity contribution in [1.82, 2.24) is 10.0 Å². The average Bonchev–Trinajstić information content (AvgIpc) is 2.71. The molecule has 0 aliphatic carbocycles. The number of rotatable bonds is 3. The monoisotopic (exact) mass is 334 g/mol. The van der Waals surface area contributed by atoms with E-state index in [1.807, 2.05) is 0 Å². The van der Waals surface area contributed by atoms with Gasteiger partial charge in [0.25, 0.3) is 0 Å². The molecule has 2 saturated heterocycles. The minimum absolute atomic E-state index is 0. The molecule has 2 bridgehead atoms. The summed E-state index contributed by atoms with van der Waals surface area (Å²) in [6.07, 6.45) is 3.85. The predicted octanol–water partition coefficient (Wildman–Crippen LogP) is 2.12. The van der Waals surface area contributed by atoms with Crippen molar-refractivity contribution in [3.8, 4) is 0 Å². The minimum Gasteiger partial charge on any atom is -0.311 e. The third-order valence-corrected chi connectivity index (χ3v) is 5.90. The number of halogens is 2. The third-order valence-electron chi connectivity index (χ3n) is 4.23. The normalized spacial score (nSPS) is 28.2. The van der Waals surface area contributed by atoms with Gasteiger partial charge in [-0.05, 0) is 50.3 Å². The van der Waals surface area contributed by atoms with Crippen molar-refractivity contribution < 1.29 is 12.8 Å². The molecule has 0 spiro atoms. The molecule has 2 fully saturated rings.